The fraction of sp³-hybridized carbons (Fsp3) is 0.207. The number of hydrogen-bond acceptors (Lipinski definition) is 9. The molecule has 3 aromatic heterocycles. The molecule has 0 bridgehead atoms. The molecule has 0 aliphatic carbocycles. The summed E-state index contributed by atoms with van der Waals surface area (Å²) in [5.41, 5.74) is 2.04. The van der Waals surface area contributed by atoms with Crippen LogP contribution in [0.25, 0.3) is 22.2 Å². The Kier molecular flexibility index (Phi) is 7.02. The van der Waals surface area contributed by atoms with Crippen LogP contribution >= 0.6 is 0 Å². The lowest BCUT2D eigenvalue weighted by Gasteiger charge is -2.13. The summed E-state index contributed by atoms with van der Waals surface area (Å²) in [4.78, 5) is 30.6. The van der Waals surface area contributed by atoms with Gasteiger partial charge in [-0.1, -0.05) is 12.1 Å². The number of aromatic nitrogens is 5. The Morgan fingerprint density at radius 1 is 0.900 bits per heavy atom. The number of pyridine rings is 1. The second-order valence-electron chi connectivity index (χ2n) is 9.04. The van der Waals surface area contributed by atoms with Gasteiger partial charge >= 0.3 is 0 Å². The number of nitrogens with zero attached hydrogens (tertiary/aromatic N) is 5. The first kappa shape index (κ1) is 25.4. The molecule has 0 amide bonds. The third kappa shape index (κ3) is 5.32. The number of rotatable bonds is 5. The molecule has 0 N–H and O–H groups in total. The summed E-state index contributed by atoms with van der Waals surface area (Å²) in [5, 5.41) is 0.643. The minimum atomic E-state index is -0.313. The standard InChI is InChI=1S/C29H24FN5O5/c1-35-27(12-18-2-4-19(30)5-3-18)32-16-22(29(35)36)23-7-6-20(15-31-23)40-28-21-13-25-26(14-24(21)33-17-34-28)39-11-9-37-8-10-38-25/h2-7,13-17H,8-12H2,1H3. The van der Waals surface area contributed by atoms with Crippen molar-refractivity contribution in [2.45, 2.75) is 6.42 Å². The molecule has 0 fully saturated rings. The number of ether oxygens (including phenoxy) is 4. The fourth-order valence-corrected chi connectivity index (χ4v) is 4.29. The Bertz CT molecular complexity index is 1730. The van der Waals surface area contributed by atoms with Gasteiger partial charge in [-0.3, -0.25) is 14.3 Å². The molecule has 0 unspecified atom stereocenters. The lowest BCUT2D eigenvalue weighted by atomic mass is 10.1. The van der Waals surface area contributed by atoms with Gasteiger partial charge in [0.15, 0.2) is 11.5 Å². The van der Waals surface area contributed by atoms with Crippen molar-refractivity contribution >= 4 is 10.9 Å². The van der Waals surface area contributed by atoms with Crippen LogP contribution in [0.15, 0.2) is 72.0 Å². The van der Waals surface area contributed by atoms with Crippen LogP contribution in [0.2, 0.25) is 0 Å². The third-order valence-corrected chi connectivity index (χ3v) is 6.40. The van der Waals surface area contributed by atoms with E-state index in [1.165, 1.54) is 35.4 Å². The summed E-state index contributed by atoms with van der Waals surface area (Å²) < 4.78 is 37.8. The second kappa shape index (κ2) is 11.1. The second-order valence-corrected chi connectivity index (χ2v) is 9.04. The van der Waals surface area contributed by atoms with Crippen LogP contribution in [0.1, 0.15) is 11.4 Å². The summed E-state index contributed by atoms with van der Waals surface area (Å²) in [6.45, 7) is 1.73. The Morgan fingerprint density at radius 3 is 2.42 bits per heavy atom. The zero-order valence-electron chi connectivity index (χ0n) is 21.5. The zero-order chi connectivity index (χ0) is 27.5. The Balaban J connectivity index is 1.24. The maximum atomic E-state index is 13.2. The van der Waals surface area contributed by atoms with Gasteiger partial charge in [-0.15, -0.1) is 0 Å². The molecule has 202 valence electrons. The van der Waals surface area contributed by atoms with Crippen LogP contribution in [0.3, 0.4) is 0 Å². The van der Waals surface area contributed by atoms with E-state index >= 15 is 0 Å². The quantitative estimate of drug-likeness (QED) is 0.325. The summed E-state index contributed by atoms with van der Waals surface area (Å²) in [7, 11) is 1.65. The van der Waals surface area contributed by atoms with Crippen molar-refractivity contribution in [2.24, 2.45) is 7.05 Å². The average Bonchev–Trinajstić information content (AvgIpc) is 3.08. The molecule has 0 radical (unpaired) electrons. The third-order valence-electron chi connectivity index (χ3n) is 6.40. The Labute approximate surface area is 228 Å². The molecule has 1 aliphatic heterocycles. The summed E-state index contributed by atoms with van der Waals surface area (Å²) in [6, 6.07) is 13.1. The molecule has 11 heteroatoms. The SMILES string of the molecule is Cn1c(Cc2ccc(F)cc2)ncc(-c2ccc(Oc3ncnc4cc5c(cc34)OCCOCCO5)cn2)c1=O. The molecule has 0 saturated carbocycles. The number of halogens is 1. The number of fused-ring (bicyclic) bond motifs is 2. The predicted octanol–water partition coefficient (Wildman–Crippen LogP) is 4.10. The summed E-state index contributed by atoms with van der Waals surface area (Å²) >= 11 is 0. The minimum Gasteiger partial charge on any atom is -0.487 e. The lowest BCUT2D eigenvalue weighted by molar-refractivity contribution is 0.0877. The van der Waals surface area contributed by atoms with Gasteiger partial charge in [-0.2, -0.15) is 0 Å². The molecule has 0 atom stereocenters. The molecule has 0 saturated heterocycles. The molecule has 4 heterocycles. The van der Waals surface area contributed by atoms with E-state index in [9.17, 15) is 9.18 Å². The lowest BCUT2D eigenvalue weighted by Crippen LogP contribution is -2.24. The van der Waals surface area contributed by atoms with Gasteiger partial charge in [0.2, 0.25) is 5.88 Å². The van der Waals surface area contributed by atoms with E-state index in [0.717, 1.165) is 5.56 Å². The van der Waals surface area contributed by atoms with E-state index in [1.807, 2.05) is 0 Å². The van der Waals surface area contributed by atoms with Crippen LogP contribution in [-0.4, -0.2) is 50.9 Å². The van der Waals surface area contributed by atoms with Gasteiger partial charge in [0.05, 0.1) is 41.6 Å². The number of hydrogen-bond donors (Lipinski definition) is 0. The van der Waals surface area contributed by atoms with Gasteiger partial charge in [-0.05, 0) is 35.9 Å². The first-order valence-electron chi connectivity index (χ1n) is 12.6. The first-order chi connectivity index (χ1) is 19.5. The van der Waals surface area contributed by atoms with Crippen molar-refractivity contribution in [3.05, 3.63) is 94.8 Å². The van der Waals surface area contributed by atoms with E-state index in [1.54, 1.807) is 43.4 Å². The van der Waals surface area contributed by atoms with Gasteiger partial charge in [-0.25, -0.2) is 19.3 Å². The first-order valence-corrected chi connectivity index (χ1v) is 12.6. The Hall–Kier alpha value is -4.90. The summed E-state index contributed by atoms with van der Waals surface area (Å²) in [5.74, 6) is 2.12. The maximum absolute atomic E-state index is 13.2. The molecule has 1 aliphatic rings. The normalized spacial score (nSPS) is 13.3. The molecule has 0 spiro atoms. The molecule has 2 aromatic carbocycles. The van der Waals surface area contributed by atoms with Crippen molar-refractivity contribution in [2.75, 3.05) is 26.4 Å². The highest BCUT2D eigenvalue weighted by Crippen LogP contribution is 2.36. The average molecular weight is 542 g/mol. The highest BCUT2D eigenvalue weighted by molar-refractivity contribution is 5.87. The van der Waals surface area contributed by atoms with Crippen LogP contribution in [0, 0.1) is 5.82 Å². The van der Waals surface area contributed by atoms with E-state index in [4.69, 9.17) is 18.9 Å². The topological polar surface area (TPSA) is 110 Å². The van der Waals surface area contributed by atoms with Crippen molar-refractivity contribution in [1.29, 1.82) is 0 Å². The van der Waals surface area contributed by atoms with Crippen molar-refractivity contribution in [3.63, 3.8) is 0 Å². The zero-order valence-corrected chi connectivity index (χ0v) is 21.5. The van der Waals surface area contributed by atoms with Crippen molar-refractivity contribution in [1.82, 2.24) is 24.5 Å². The van der Waals surface area contributed by atoms with Gasteiger partial charge in [0, 0.05) is 25.7 Å². The Morgan fingerprint density at radius 2 is 1.68 bits per heavy atom. The van der Waals surface area contributed by atoms with Gasteiger partial charge in [0.25, 0.3) is 5.56 Å². The van der Waals surface area contributed by atoms with Crippen LogP contribution in [0.4, 0.5) is 4.39 Å². The number of benzene rings is 2. The largest absolute Gasteiger partial charge is 0.487 e. The molecule has 6 rings (SSSR count). The van der Waals surface area contributed by atoms with Gasteiger partial charge in [0.1, 0.15) is 36.9 Å². The van der Waals surface area contributed by atoms with Crippen LogP contribution in [-0.2, 0) is 18.2 Å². The van der Waals surface area contributed by atoms with Crippen LogP contribution < -0.4 is 19.8 Å². The molecular weight excluding hydrogens is 517 g/mol. The molecule has 5 aromatic rings. The van der Waals surface area contributed by atoms with Gasteiger partial charge < -0.3 is 18.9 Å². The predicted molar refractivity (Wildman–Crippen MR) is 143 cm³/mol. The summed E-state index contributed by atoms with van der Waals surface area (Å²) in [6.07, 6.45) is 4.83. The molecule has 10 nitrogen and oxygen atoms in total. The van der Waals surface area contributed by atoms with E-state index in [0.29, 0.717) is 84.0 Å². The van der Waals surface area contributed by atoms with Crippen molar-refractivity contribution in [3.8, 4) is 34.4 Å². The smallest absolute Gasteiger partial charge is 0.262 e. The monoisotopic (exact) mass is 541 g/mol. The molecule has 40 heavy (non-hydrogen) atoms. The van der Waals surface area contributed by atoms with E-state index in [-0.39, 0.29) is 11.4 Å². The highest BCUT2D eigenvalue weighted by Gasteiger charge is 2.16. The van der Waals surface area contributed by atoms with Crippen molar-refractivity contribution < 1.29 is 23.3 Å². The molecular formula is C29H24FN5O5. The van der Waals surface area contributed by atoms with E-state index in [2.05, 4.69) is 19.9 Å². The fourth-order valence-electron chi connectivity index (χ4n) is 4.29. The van der Waals surface area contributed by atoms with Crippen LogP contribution in [0.5, 0.6) is 23.1 Å². The minimum absolute atomic E-state index is 0.241. The van der Waals surface area contributed by atoms with E-state index < -0.39 is 0 Å². The maximum Gasteiger partial charge on any atom is 0.262 e. The highest BCUT2D eigenvalue weighted by atomic mass is 19.1.